The largest absolute Gasteiger partial charge is 0.485 e. The summed E-state index contributed by atoms with van der Waals surface area (Å²) < 4.78 is 11.3. The van der Waals surface area contributed by atoms with Gasteiger partial charge in [0.2, 0.25) is 6.10 Å². The summed E-state index contributed by atoms with van der Waals surface area (Å²) in [6, 6.07) is 7.48. The summed E-state index contributed by atoms with van der Waals surface area (Å²) in [5.74, 6) is 1.31. The van der Waals surface area contributed by atoms with Crippen molar-refractivity contribution in [1.29, 1.82) is 0 Å². The third-order valence-corrected chi connectivity index (χ3v) is 3.55. The second kappa shape index (κ2) is 5.09. The number of para-hydroxylation sites is 2. The van der Waals surface area contributed by atoms with Crippen molar-refractivity contribution < 1.29 is 14.3 Å². The smallest absolute Gasteiger partial charge is 0.267 e. The second-order valence-electron chi connectivity index (χ2n) is 5.05. The zero-order valence-electron chi connectivity index (χ0n) is 10.7. The minimum Gasteiger partial charge on any atom is -0.485 e. The van der Waals surface area contributed by atoms with Crippen molar-refractivity contribution in [2.75, 3.05) is 19.7 Å². The fourth-order valence-corrected chi connectivity index (χ4v) is 2.56. The Kier molecular flexibility index (Phi) is 3.29. The number of rotatable bonds is 1. The van der Waals surface area contributed by atoms with Gasteiger partial charge in [-0.15, -0.1) is 0 Å². The number of likely N-dealkylation sites (tertiary alicyclic amines) is 1. The summed E-state index contributed by atoms with van der Waals surface area (Å²) in [6.07, 6.45) is 1.38. The number of carbonyl (C=O) groups excluding carboxylic acids is 1. The Hall–Kier alpha value is -1.75. The van der Waals surface area contributed by atoms with E-state index in [0.717, 1.165) is 19.4 Å². The zero-order chi connectivity index (χ0) is 13.2. The fourth-order valence-electron chi connectivity index (χ4n) is 2.56. The highest BCUT2D eigenvalue weighted by atomic mass is 16.6. The summed E-state index contributed by atoms with van der Waals surface area (Å²) in [5, 5.41) is 0. The lowest BCUT2D eigenvalue weighted by Crippen LogP contribution is -2.52. The molecule has 5 nitrogen and oxygen atoms in total. The number of nitrogens with zero attached hydrogens (tertiary/aromatic N) is 1. The van der Waals surface area contributed by atoms with E-state index in [1.54, 1.807) is 4.90 Å². The summed E-state index contributed by atoms with van der Waals surface area (Å²) in [5.41, 5.74) is 5.90. The maximum Gasteiger partial charge on any atom is 0.267 e. The quantitative estimate of drug-likeness (QED) is 0.812. The highest BCUT2D eigenvalue weighted by Crippen LogP contribution is 2.31. The van der Waals surface area contributed by atoms with E-state index in [4.69, 9.17) is 15.2 Å². The number of amides is 1. The van der Waals surface area contributed by atoms with Gasteiger partial charge in [-0.05, 0) is 25.0 Å². The van der Waals surface area contributed by atoms with Gasteiger partial charge >= 0.3 is 0 Å². The molecule has 3 rings (SSSR count). The molecule has 1 aromatic rings. The van der Waals surface area contributed by atoms with Crippen LogP contribution in [0.4, 0.5) is 0 Å². The molecule has 2 aliphatic rings. The second-order valence-corrected chi connectivity index (χ2v) is 5.05. The number of hydrogen-bond donors (Lipinski definition) is 1. The number of ether oxygens (including phenoxy) is 2. The Morgan fingerprint density at radius 3 is 2.89 bits per heavy atom. The van der Waals surface area contributed by atoms with Crippen LogP contribution in [0.5, 0.6) is 11.5 Å². The van der Waals surface area contributed by atoms with Crippen molar-refractivity contribution in [1.82, 2.24) is 4.90 Å². The van der Waals surface area contributed by atoms with E-state index in [1.807, 2.05) is 24.3 Å². The highest BCUT2D eigenvalue weighted by Gasteiger charge is 2.32. The molecule has 0 bridgehead atoms. The number of carbonyl (C=O) groups is 1. The van der Waals surface area contributed by atoms with Crippen molar-refractivity contribution in [2.24, 2.45) is 5.73 Å². The van der Waals surface area contributed by atoms with E-state index < -0.39 is 6.10 Å². The summed E-state index contributed by atoms with van der Waals surface area (Å²) in [4.78, 5) is 14.2. The summed E-state index contributed by atoms with van der Waals surface area (Å²) in [7, 11) is 0. The van der Waals surface area contributed by atoms with E-state index in [9.17, 15) is 4.79 Å². The topological polar surface area (TPSA) is 64.8 Å². The van der Waals surface area contributed by atoms with Crippen LogP contribution in [0, 0.1) is 0 Å². The number of hydrogen-bond acceptors (Lipinski definition) is 4. The molecule has 0 radical (unpaired) electrons. The Morgan fingerprint density at radius 1 is 1.32 bits per heavy atom. The van der Waals surface area contributed by atoms with Gasteiger partial charge in [0.25, 0.3) is 5.91 Å². The van der Waals surface area contributed by atoms with E-state index in [1.165, 1.54) is 0 Å². The molecule has 0 aromatic heterocycles. The first kappa shape index (κ1) is 12.3. The van der Waals surface area contributed by atoms with Gasteiger partial charge in [-0.3, -0.25) is 4.79 Å². The molecule has 1 saturated heterocycles. The van der Waals surface area contributed by atoms with Gasteiger partial charge in [0.05, 0.1) is 0 Å². The molecular weight excluding hydrogens is 244 g/mol. The number of piperidine rings is 1. The fraction of sp³-hybridized carbons (Fsp3) is 0.500. The molecule has 0 spiro atoms. The monoisotopic (exact) mass is 262 g/mol. The molecule has 19 heavy (non-hydrogen) atoms. The van der Waals surface area contributed by atoms with Crippen LogP contribution in [0.3, 0.4) is 0 Å². The molecule has 5 heteroatoms. The number of fused-ring (bicyclic) bond motifs is 1. The lowest BCUT2D eigenvalue weighted by molar-refractivity contribution is -0.142. The summed E-state index contributed by atoms with van der Waals surface area (Å²) in [6.45, 7) is 1.63. The van der Waals surface area contributed by atoms with Crippen LogP contribution >= 0.6 is 0 Å². The molecule has 0 saturated carbocycles. The minimum atomic E-state index is -0.555. The van der Waals surface area contributed by atoms with E-state index in [-0.39, 0.29) is 18.6 Å². The molecule has 2 unspecified atom stereocenters. The molecule has 1 amide bonds. The van der Waals surface area contributed by atoms with Crippen LogP contribution in [0.2, 0.25) is 0 Å². The number of benzene rings is 1. The maximum atomic E-state index is 12.4. The lowest BCUT2D eigenvalue weighted by Gasteiger charge is -2.34. The molecule has 2 N–H and O–H groups in total. The average Bonchev–Trinajstić information content (AvgIpc) is 2.46. The predicted octanol–water partition coefficient (Wildman–Crippen LogP) is 0.776. The third-order valence-electron chi connectivity index (χ3n) is 3.55. The van der Waals surface area contributed by atoms with Crippen molar-refractivity contribution >= 4 is 5.91 Å². The van der Waals surface area contributed by atoms with Crippen molar-refractivity contribution in [3.05, 3.63) is 24.3 Å². The lowest BCUT2D eigenvalue weighted by atomic mass is 10.1. The molecular formula is C14H18N2O3. The molecule has 2 heterocycles. The van der Waals surface area contributed by atoms with Gasteiger partial charge < -0.3 is 20.1 Å². The first-order valence-electron chi connectivity index (χ1n) is 6.67. The van der Waals surface area contributed by atoms with Crippen LogP contribution in [-0.2, 0) is 4.79 Å². The van der Waals surface area contributed by atoms with Gasteiger partial charge in [-0.1, -0.05) is 12.1 Å². The first-order chi connectivity index (χ1) is 9.24. The Labute approximate surface area is 112 Å². The van der Waals surface area contributed by atoms with Crippen LogP contribution in [0.1, 0.15) is 12.8 Å². The van der Waals surface area contributed by atoms with Crippen LogP contribution < -0.4 is 15.2 Å². The average molecular weight is 262 g/mol. The molecule has 1 aromatic carbocycles. The molecule has 0 aliphatic carbocycles. The molecule has 102 valence electrons. The van der Waals surface area contributed by atoms with Gasteiger partial charge in [-0.2, -0.15) is 0 Å². The Morgan fingerprint density at radius 2 is 2.11 bits per heavy atom. The Bertz CT molecular complexity index is 478. The van der Waals surface area contributed by atoms with Gasteiger partial charge in [0.1, 0.15) is 6.61 Å². The van der Waals surface area contributed by atoms with Crippen molar-refractivity contribution in [3.8, 4) is 11.5 Å². The SMILES string of the molecule is NC1CCCN(C(=O)C2COc3ccccc3O2)C1. The van der Waals surface area contributed by atoms with Gasteiger partial charge in [0, 0.05) is 19.1 Å². The molecule has 2 atom stereocenters. The van der Waals surface area contributed by atoms with Crippen LogP contribution in [0.25, 0.3) is 0 Å². The highest BCUT2D eigenvalue weighted by molar-refractivity contribution is 5.82. The van der Waals surface area contributed by atoms with E-state index in [0.29, 0.717) is 18.0 Å². The van der Waals surface area contributed by atoms with Crippen molar-refractivity contribution in [2.45, 2.75) is 25.0 Å². The Balaban J connectivity index is 1.69. The predicted molar refractivity (Wildman–Crippen MR) is 70.1 cm³/mol. The first-order valence-corrected chi connectivity index (χ1v) is 6.67. The summed E-state index contributed by atoms with van der Waals surface area (Å²) >= 11 is 0. The zero-order valence-corrected chi connectivity index (χ0v) is 10.7. The van der Waals surface area contributed by atoms with E-state index >= 15 is 0 Å². The molecule has 1 fully saturated rings. The van der Waals surface area contributed by atoms with Gasteiger partial charge in [0.15, 0.2) is 11.5 Å². The standard InChI is InChI=1S/C14H18N2O3/c15-10-4-3-7-16(8-10)14(17)13-9-18-11-5-1-2-6-12(11)19-13/h1-2,5-6,10,13H,3-4,7-9,15H2. The van der Waals surface area contributed by atoms with Gasteiger partial charge in [-0.25, -0.2) is 0 Å². The maximum absolute atomic E-state index is 12.4. The van der Waals surface area contributed by atoms with Crippen LogP contribution in [-0.4, -0.2) is 42.6 Å². The molecule has 2 aliphatic heterocycles. The van der Waals surface area contributed by atoms with Crippen molar-refractivity contribution in [3.63, 3.8) is 0 Å². The third kappa shape index (κ3) is 2.51. The normalized spacial score (nSPS) is 26.1. The number of nitrogens with two attached hydrogens (primary N) is 1. The van der Waals surface area contributed by atoms with E-state index in [2.05, 4.69) is 0 Å². The minimum absolute atomic E-state index is 0.0235. The van der Waals surface area contributed by atoms with Crippen LogP contribution in [0.15, 0.2) is 24.3 Å².